The molecule has 0 aromatic carbocycles. The lowest BCUT2D eigenvalue weighted by atomic mass is 9.41. The molecular weight excluding hydrogens is 256 g/mol. The molecule has 4 aliphatic rings. The van der Waals surface area contributed by atoms with E-state index < -0.39 is 0 Å². The lowest BCUT2D eigenvalue weighted by molar-refractivity contribution is -0.161. The molecule has 0 heterocycles. The zero-order chi connectivity index (χ0) is 15.0. The van der Waals surface area contributed by atoms with Gasteiger partial charge in [-0.2, -0.15) is 0 Å². The van der Waals surface area contributed by atoms with Crippen LogP contribution in [0, 0.1) is 39.9 Å². The number of ketones is 1. The summed E-state index contributed by atoms with van der Waals surface area (Å²) in [5.74, 6) is 3.27. The highest BCUT2D eigenvalue weighted by molar-refractivity contribution is 5.90. The third-order valence-electron chi connectivity index (χ3n) is 8.68. The van der Waals surface area contributed by atoms with Crippen molar-refractivity contribution in [1.29, 1.82) is 0 Å². The molecule has 6 atom stereocenters. The van der Waals surface area contributed by atoms with Gasteiger partial charge >= 0.3 is 0 Å². The zero-order valence-corrected chi connectivity index (χ0v) is 14.4. The summed E-state index contributed by atoms with van der Waals surface area (Å²) in [6.45, 7) is 9.79. The predicted molar refractivity (Wildman–Crippen MR) is 85.9 cm³/mol. The Morgan fingerprint density at radius 1 is 0.952 bits per heavy atom. The van der Waals surface area contributed by atoms with Crippen LogP contribution in [0.4, 0.5) is 0 Å². The Bertz CT molecular complexity index is 478. The summed E-state index contributed by atoms with van der Waals surface area (Å²) in [4.78, 5) is 13.1. The van der Waals surface area contributed by atoms with E-state index in [1.54, 1.807) is 0 Å². The molecule has 0 saturated heterocycles. The highest BCUT2D eigenvalue weighted by atomic mass is 16.1. The van der Waals surface area contributed by atoms with Crippen LogP contribution in [0.5, 0.6) is 0 Å². The molecule has 21 heavy (non-hydrogen) atoms. The topological polar surface area (TPSA) is 17.1 Å². The molecule has 1 heteroatoms. The maximum Gasteiger partial charge on any atom is 0.142 e. The van der Waals surface area contributed by atoms with Crippen molar-refractivity contribution in [3.05, 3.63) is 0 Å². The Morgan fingerprint density at radius 3 is 2.48 bits per heavy atom. The summed E-state index contributed by atoms with van der Waals surface area (Å²) in [6, 6.07) is 0. The number of hydrogen-bond acceptors (Lipinski definition) is 1. The van der Waals surface area contributed by atoms with Gasteiger partial charge in [-0.25, -0.2) is 0 Å². The molecule has 4 rings (SSSR count). The van der Waals surface area contributed by atoms with Crippen LogP contribution in [0.15, 0.2) is 0 Å². The van der Waals surface area contributed by atoms with Gasteiger partial charge in [-0.15, -0.1) is 0 Å². The van der Waals surface area contributed by atoms with Gasteiger partial charge in [0.25, 0.3) is 0 Å². The molecule has 0 amide bonds. The van der Waals surface area contributed by atoms with E-state index in [0.717, 1.165) is 5.92 Å². The maximum atomic E-state index is 13.1. The van der Waals surface area contributed by atoms with Crippen molar-refractivity contribution in [1.82, 2.24) is 0 Å². The van der Waals surface area contributed by atoms with E-state index in [9.17, 15) is 4.79 Å². The zero-order valence-electron chi connectivity index (χ0n) is 14.4. The summed E-state index contributed by atoms with van der Waals surface area (Å²) < 4.78 is 0. The molecule has 0 aromatic rings. The summed E-state index contributed by atoms with van der Waals surface area (Å²) in [7, 11) is 0. The SMILES string of the molecule is C[C@H]1C(=O)[C@]23CC[C@H]4C(C)(C)CCC[C@]4(C)[C@H]2CC[C@H]1C3. The Morgan fingerprint density at radius 2 is 1.71 bits per heavy atom. The van der Waals surface area contributed by atoms with Gasteiger partial charge in [0.2, 0.25) is 0 Å². The van der Waals surface area contributed by atoms with E-state index in [4.69, 9.17) is 0 Å². The Labute approximate surface area is 130 Å². The van der Waals surface area contributed by atoms with Crippen molar-refractivity contribution < 1.29 is 4.79 Å². The normalized spacial score (nSPS) is 55.0. The highest BCUT2D eigenvalue weighted by Gasteiger charge is 2.66. The van der Waals surface area contributed by atoms with Crippen molar-refractivity contribution in [2.45, 2.75) is 79.1 Å². The van der Waals surface area contributed by atoms with E-state index in [2.05, 4.69) is 27.7 Å². The van der Waals surface area contributed by atoms with Crippen molar-refractivity contribution in [3.63, 3.8) is 0 Å². The van der Waals surface area contributed by atoms with E-state index in [0.29, 0.717) is 34.4 Å². The van der Waals surface area contributed by atoms with E-state index in [-0.39, 0.29) is 5.41 Å². The van der Waals surface area contributed by atoms with Crippen LogP contribution in [0.1, 0.15) is 79.1 Å². The van der Waals surface area contributed by atoms with Gasteiger partial charge in [-0.3, -0.25) is 4.79 Å². The van der Waals surface area contributed by atoms with Crippen molar-refractivity contribution >= 4 is 5.78 Å². The summed E-state index contributed by atoms with van der Waals surface area (Å²) in [5.41, 5.74) is 1.02. The fourth-order valence-corrected chi connectivity index (χ4v) is 7.80. The summed E-state index contributed by atoms with van der Waals surface area (Å²) in [6.07, 6.45) is 10.6. The number of carbonyl (C=O) groups is 1. The van der Waals surface area contributed by atoms with Crippen LogP contribution in [0.2, 0.25) is 0 Å². The van der Waals surface area contributed by atoms with Crippen LogP contribution in [-0.4, -0.2) is 5.78 Å². The van der Waals surface area contributed by atoms with E-state index >= 15 is 0 Å². The van der Waals surface area contributed by atoms with Crippen LogP contribution < -0.4 is 0 Å². The van der Waals surface area contributed by atoms with Crippen LogP contribution in [-0.2, 0) is 4.79 Å². The van der Waals surface area contributed by atoms with Gasteiger partial charge in [0.15, 0.2) is 0 Å². The largest absolute Gasteiger partial charge is 0.299 e. The number of fused-ring (bicyclic) bond motifs is 3. The minimum absolute atomic E-state index is 0.0982. The summed E-state index contributed by atoms with van der Waals surface area (Å²) >= 11 is 0. The molecular formula is C20H32O. The molecule has 1 nitrogen and oxygen atoms in total. The van der Waals surface area contributed by atoms with Crippen LogP contribution in [0.3, 0.4) is 0 Å². The maximum absolute atomic E-state index is 13.1. The predicted octanol–water partition coefficient (Wildman–Crippen LogP) is 5.23. The number of rotatable bonds is 0. The number of carbonyl (C=O) groups excluding carboxylic acids is 1. The van der Waals surface area contributed by atoms with Gasteiger partial charge in [0.05, 0.1) is 0 Å². The Balaban J connectivity index is 1.77. The quantitative estimate of drug-likeness (QED) is 0.596. The standard InChI is InChI=1S/C20H32O/c1-13-14-6-7-16-19(4)10-5-9-18(2,3)15(19)8-11-20(16,12-14)17(13)21/h13-16H,5-12H2,1-4H3/t13-,14+,15+,16-,19+,20+/m1/s1. The van der Waals surface area contributed by atoms with Gasteiger partial charge in [-0.05, 0) is 73.5 Å². The smallest absolute Gasteiger partial charge is 0.142 e. The third kappa shape index (κ3) is 1.61. The van der Waals surface area contributed by atoms with Crippen molar-refractivity contribution in [2.75, 3.05) is 0 Å². The average molecular weight is 288 g/mol. The molecule has 0 aromatic heterocycles. The van der Waals surface area contributed by atoms with Gasteiger partial charge in [0.1, 0.15) is 5.78 Å². The first kappa shape index (κ1) is 14.3. The molecule has 0 aliphatic heterocycles. The molecule has 2 bridgehead atoms. The Kier molecular flexibility index (Phi) is 2.82. The molecule has 4 fully saturated rings. The van der Waals surface area contributed by atoms with Crippen LogP contribution >= 0.6 is 0 Å². The molecule has 0 N–H and O–H groups in total. The lowest BCUT2D eigenvalue weighted by Gasteiger charge is -2.63. The van der Waals surface area contributed by atoms with Crippen molar-refractivity contribution in [2.24, 2.45) is 39.9 Å². The van der Waals surface area contributed by atoms with Gasteiger partial charge in [0, 0.05) is 11.3 Å². The number of Topliss-reactive ketones (excluding diaryl/α,β-unsaturated/α-hetero) is 1. The van der Waals surface area contributed by atoms with Gasteiger partial charge < -0.3 is 0 Å². The second kappa shape index (κ2) is 4.15. The minimum atomic E-state index is 0.0982. The Hall–Kier alpha value is -0.330. The highest BCUT2D eigenvalue weighted by Crippen LogP contribution is 2.71. The molecule has 1 spiro atoms. The van der Waals surface area contributed by atoms with Crippen LogP contribution in [0.25, 0.3) is 0 Å². The fourth-order valence-electron chi connectivity index (χ4n) is 7.80. The summed E-state index contributed by atoms with van der Waals surface area (Å²) in [5, 5.41) is 0. The van der Waals surface area contributed by atoms with Gasteiger partial charge in [-0.1, -0.05) is 34.1 Å². The first-order valence-corrected chi connectivity index (χ1v) is 9.36. The van der Waals surface area contributed by atoms with E-state index in [1.807, 2.05) is 0 Å². The number of hydrogen-bond donors (Lipinski definition) is 0. The van der Waals surface area contributed by atoms with Crippen molar-refractivity contribution in [3.8, 4) is 0 Å². The molecule has 0 unspecified atom stereocenters. The monoisotopic (exact) mass is 288 g/mol. The minimum Gasteiger partial charge on any atom is -0.299 e. The fraction of sp³-hybridized carbons (Fsp3) is 0.950. The second-order valence-electron chi connectivity index (χ2n) is 9.84. The first-order valence-electron chi connectivity index (χ1n) is 9.36. The molecule has 0 radical (unpaired) electrons. The van der Waals surface area contributed by atoms with E-state index in [1.165, 1.54) is 51.4 Å². The molecule has 4 saturated carbocycles. The first-order chi connectivity index (χ1) is 9.81. The second-order valence-corrected chi connectivity index (χ2v) is 9.84. The molecule has 118 valence electrons. The third-order valence-corrected chi connectivity index (χ3v) is 8.68. The average Bonchev–Trinajstić information content (AvgIpc) is 2.59. The molecule has 4 aliphatic carbocycles. The lowest BCUT2D eigenvalue weighted by Crippen LogP contribution is -2.57.